The number of hydrogen-bond donors (Lipinski definition) is 1. The van der Waals surface area contributed by atoms with Crippen molar-refractivity contribution in [1.29, 1.82) is 0 Å². The van der Waals surface area contributed by atoms with Crippen LogP contribution in [0.25, 0.3) is 5.69 Å². The van der Waals surface area contributed by atoms with Crippen molar-refractivity contribution >= 4 is 15.9 Å². The highest BCUT2D eigenvalue weighted by Crippen LogP contribution is 2.33. The maximum Gasteiger partial charge on any atom is 0.138 e. The van der Waals surface area contributed by atoms with E-state index in [4.69, 9.17) is 0 Å². The van der Waals surface area contributed by atoms with Crippen LogP contribution in [0, 0.1) is 0 Å². The molecule has 2 aromatic rings. The predicted molar refractivity (Wildman–Crippen MR) is 73.6 cm³/mol. The van der Waals surface area contributed by atoms with E-state index in [1.807, 2.05) is 0 Å². The van der Waals surface area contributed by atoms with E-state index in [-0.39, 0.29) is 5.54 Å². The SMILES string of the molecule is CC1(c2ccc(-n3cncn3)c(Br)c2)CCCN1. The third-order valence-electron chi connectivity index (χ3n) is 3.62. The van der Waals surface area contributed by atoms with Crippen molar-refractivity contribution in [3.8, 4) is 5.69 Å². The van der Waals surface area contributed by atoms with Crippen molar-refractivity contribution in [2.45, 2.75) is 25.3 Å². The molecule has 0 aliphatic carbocycles. The first kappa shape index (κ1) is 11.9. The molecule has 5 heteroatoms. The fourth-order valence-electron chi connectivity index (χ4n) is 2.51. The Balaban J connectivity index is 1.99. The van der Waals surface area contributed by atoms with Gasteiger partial charge in [-0.25, -0.2) is 9.67 Å². The molecule has 0 amide bonds. The van der Waals surface area contributed by atoms with E-state index >= 15 is 0 Å². The van der Waals surface area contributed by atoms with Crippen molar-refractivity contribution in [3.05, 3.63) is 40.9 Å². The molecule has 0 radical (unpaired) electrons. The molecule has 1 fully saturated rings. The molecule has 1 aliphatic rings. The second-order valence-electron chi connectivity index (χ2n) is 4.87. The van der Waals surface area contributed by atoms with Crippen molar-refractivity contribution in [3.63, 3.8) is 0 Å². The lowest BCUT2D eigenvalue weighted by atomic mass is 9.90. The van der Waals surface area contributed by atoms with Crippen LogP contribution in [0.2, 0.25) is 0 Å². The summed E-state index contributed by atoms with van der Waals surface area (Å²) in [6, 6.07) is 6.43. The third kappa shape index (κ3) is 1.97. The molecular weight excluding hydrogens is 292 g/mol. The summed E-state index contributed by atoms with van der Waals surface area (Å²) in [5.74, 6) is 0. The molecule has 3 rings (SSSR count). The zero-order chi connectivity index (χ0) is 12.6. The van der Waals surface area contributed by atoms with Gasteiger partial charge in [-0.2, -0.15) is 5.10 Å². The summed E-state index contributed by atoms with van der Waals surface area (Å²) in [5.41, 5.74) is 2.43. The predicted octanol–water partition coefficient (Wildman–Crippen LogP) is 2.63. The number of rotatable bonds is 2. The van der Waals surface area contributed by atoms with Gasteiger partial charge < -0.3 is 5.32 Å². The Bertz CT molecular complexity index is 544. The van der Waals surface area contributed by atoms with Gasteiger partial charge in [0.05, 0.1) is 5.69 Å². The lowest BCUT2D eigenvalue weighted by molar-refractivity contribution is 0.434. The van der Waals surface area contributed by atoms with Crippen LogP contribution in [0.3, 0.4) is 0 Å². The van der Waals surface area contributed by atoms with E-state index in [1.54, 1.807) is 17.3 Å². The topological polar surface area (TPSA) is 42.7 Å². The Morgan fingerprint density at radius 3 is 2.94 bits per heavy atom. The summed E-state index contributed by atoms with van der Waals surface area (Å²) in [4.78, 5) is 3.97. The van der Waals surface area contributed by atoms with Crippen molar-refractivity contribution in [2.24, 2.45) is 0 Å². The Kier molecular flexibility index (Phi) is 2.95. The monoisotopic (exact) mass is 306 g/mol. The standard InChI is InChI=1S/C13H15BrN4/c1-13(5-2-6-16-13)10-3-4-12(11(14)7-10)18-9-15-8-17-18/h3-4,7-9,16H,2,5-6H2,1H3. The summed E-state index contributed by atoms with van der Waals surface area (Å²) in [6.07, 6.45) is 5.66. The maximum atomic E-state index is 4.15. The second kappa shape index (κ2) is 4.48. The molecule has 94 valence electrons. The van der Waals surface area contributed by atoms with Gasteiger partial charge in [-0.05, 0) is 59.9 Å². The first-order chi connectivity index (χ1) is 8.69. The van der Waals surface area contributed by atoms with E-state index in [0.717, 1.165) is 16.7 Å². The van der Waals surface area contributed by atoms with Gasteiger partial charge in [0.1, 0.15) is 12.7 Å². The molecule has 1 aliphatic heterocycles. The minimum Gasteiger partial charge on any atom is -0.308 e. The number of nitrogens with zero attached hydrogens (tertiary/aromatic N) is 3. The summed E-state index contributed by atoms with van der Waals surface area (Å²) >= 11 is 3.62. The molecule has 1 unspecified atom stereocenters. The van der Waals surface area contributed by atoms with Gasteiger partial charge in [0.25, 0.3) is 0 Å². The molecule has 18 heavy (non-hydrogen) atoms. The summed E-state index contributed by atoms with van der Waals surface area (Å²) in [6.45, 7) is 3.36. The Hall–Kier alpha value is -1.20. The minimum atomic E-state index is 0.101. The number of aromatic nitrogens is 3. The Morgan fingerprint density at radius 1 is 1.44 bits per heavy atom. The molecular formula is C13H15BrN4. The first-order valence-electron chi connectivity index (χ1n) is 6.09. The highest BCUT2D eigenvalue weighted by Gasteiger charge is 2.30. The van der Waals surface area contributed by atoms with Gasteiger partial charge in [0.15, 0.2) is 0 Å². The van der Waals surface area contributed by atoms with Crippen LogP contribution in [-0.4, -0.2) is 21.3 Å². The van der Waals surface area contributed by atoms with Gasteiger partial charge in [-0.1, -0.05) is 6.07 Å². The zero-order valence-electron chi connectivity index (χ0n) is 10.2. The quantitative estimate of drug-likeness (QED) is 0.927. The maximum absolute atomic E-state index is 4.15. The highest BCUT2D eigenvalue weighted by atomic mass is 79.9. The van der Waals surface area contributed by atoms with Gasteiger partial charge >= 0.3 is 0 Å². The summed E-state index contributed by atoms with van der Waals surface area (Å²) in [5, 5.41) is 7.73. The van der Waals surface area contributed by atoms with E-state index < -0.39 is 0 Å². The Labute approximate surface area is 115 Å². The molecule has 1 aromatic heterocycles. The van der Waals surface area contributed by atoms with Gasteiger partial charge in [0.2, 0.25) is 0 Å². The molecule has 0 saturated carbocycles. The van der Waals surface area contributed by atoms with Gasteiger partial charge in [0, 0.05) is 10.0 Å². The number of halogens is 1. The molecule has 1 aromatic carbocycles. The average molecular weight is 307 g/mol. The smallest absolute Gasteiger partial charge is 0.138 e. The van der Waals surface area contributed by atoms with Crippen molar-refractivity contribution in [1.82, 2.24) is 20.1 Å². The molecule has 0 bridgehead atoms. The van der Waals surface area contributed by atoms with E-state index in [2.05, 4.69) is 56.5 Å². The lowest BCUT2D eigenvalue weighted by Crippen LogP contribution is -2.33. The molecule has 4 nitrogen and oxygen atoms in total. The normalized spacial score (nSPS) is 23.4. The van der Waals surface area contributed by atoms with Gasteiger partial charge in [-0.15, -0.1) is 0 Å². The van der Waals surface area contributed by atoms with Crippen LogP contribution in [0.1, 0.15) is 25.3 Å². The number of benzene rings is 1. The van der Waals surface area contributed by atoms with E-state index in [0.29, 0.717) is 0 Å². The zero-order valence-corrected chi connectivity index (χ0v) is 11.8. The van der Waals surface area contributed by atoms with Gasteiger partial charge in [-0.3, -0.25) is 0 Å². The average Bonchev–Trinajstić information content (AvgIpc) is 3.00. The van der Waals surface area contributed by atoms with E-state index in [9.17, 15) is 0 Å². The fourth-order valence-corrected chi connectivity index (χ4v) is 3.07. The van der Waals surface area contributed by atoms with E-state index in [1.165, 1.54) is 18.4 Å². The summed E-state index contributed by atoms with van der Waals surface area (Å²) < 4.78 is 2.80. The summed E-state index contributed by atoms with van der Waals surface area (Å²) in [7, 11) is 0. The third-order valence-corrected chi connectivity index (χ3v) is 4.25. The van der Waals surface area contributed by atoms with Crippen molar-refractivity contribution < 1.29 is 0 Å². The van der Waals surface area contributed by atoms with Crippen LogP contribution in [-0.2, 0) is 5.54 Å². The van der Waals surface area contributed by atoms with Crippen LogP contribution < -0.4 is 5.32 Å². The lowest BCUT2D eigenvalue weighted by Gasteiger charge is -2.25. The first-order valence-corrected chi connectivity index (χ1v) is 6.88. The number of hydrogen-bond acceptors (Lipinski definition) is 3. The molecule has 1 N–H and O–H groups in total. The van der Waals surface area contributed by atoms with Crippen LogP contribution >= 0.6 is 15.9 Å². The molecule has 0 spiro atoms. The Morgan fingerprint density at radius 2 is 2.33 bits per heavy atom. The van der Waals surface area contributed by atoms with Crippen LogP contribution in [0.15, 0.2) is 35.3 Å². The molecule has 2 heterocycles. The fraction of sp³-hybridized carbons (Fsp3) is 0.385. The van der Waals surface area contributed by atoms with Crippen LogP contribution in [0.4, 0.5) is 0 Å². The van der Waals surface area contributed by atoms with Crippen LogP contribution in [0.5, 0.6) is 0 Å². The second-order valence-corrected chi connectivity index (χ2v) is 5.72. The molecule has 1 atom stereocenters. The van der Waals surface area contributed by atoms with Crippen molar-refractivity contribution in [2.75, 3.05) is 6.54 Å². The minimum absolute atomic E-state index is 0.101. The molecule has 1 saturated heterocycles. The highest BCUT2D eigenvalue weighted by molar-refractivity contribution is 9.10. The number of nitrogens with one attached hydrogen (secondary N) is 1. The largest absolute Gasteiger partial charge is 0.308 e.